The van der Waals surface area contributed by atoms with Crippen LogP contribution in [0.25, 0.3) is 0 Å². The SMILES string of the molecule is CCOc1ccc(S(=O)(=O)N2CCC(N)C2)cc1OCC.Cl. The average molecular weight is 351 g/mol. The predicted octanol–water partition coefficient (Wildman–Crippen LogP) is 1.63. The molecule has 0 bridgehead atoms. The summed E-state index contributed by atoms with van der Waals surface area (Å²) in [6.07, 6.45) is 0.689. The molecule has 0 saturated carbocycles. The molecule has 1 saturated heterocycles. The Morgan fingerprint density at radius 3 is 2.41 bits per heavy atom. The number of sulfonamides is 1. The molecule has 1 aliphatic rings. The van der Waals surface area contributed by atoms with E-state index in [-0.39, 0.29) is 23.3 Å². The summed E-state index contributed by atoms with van der Waals surface area (Å²) >= 11 is 0. The number of halogens is 1. The Morgan fingerprint density at radius 1 is 1.23 bits per heavy atom. The zero-order valence-corrected chi connectivity index (χ0v) is 14.5. The zero-order chi connectivity index (χ0) is 15.5. The minimum atomic E-state index is -3.53. The Balaban J connectivity index is 0.00000242. The van der Waals surface area contributed by atoms with Crippen LogP contribution in [0.15, 0.2) is 23.1 Å². The van der Waals surface area contributed by atoms with Crippen molar-refractivity contribution in [3.8, 4) is 11.5 Å². The molecular formula is C14H23ClN2O4S. The maximum atomic E-state index is 12.6. The zero-order valence-electron chi connectivity index (χ0n) is 12.8. The highest BCUT2D eigenvalue weighted by molar-refractivity contribution is 7.89. The van der Waals surface area contributed by atoms with E-state index >= 15 is 0 Å². The quantitative estimate of drug-likeness (QED) is 0.843. The van der Waals surface area contributed by atoms with E-state index in [1.165, 1.54) is 10.4 Å². The Bertz CT molecular complexity index is 595. The van der Waals surface area contributed by atoms with E-state index in [0.29, 0.717) is 44.2 Å². The van der Waals surface area contributed by atoms with Gasteiger partial charge in [-0.2, -0.15) is 4.31 Å². The molecule has 1 heterocycles. The molecule has 1 atom stereocenters. The topological polar surface area (TPSA) is 81.9 Å². The van der Waals surface area contributed by atoms with Crippen molar-refractivity contribution in [2.45, 2.75) is 31.2 Å². The molecule has 6 nitrogen and oxygen atoms in total. The first-order valence-electron chi connectivity index (χ1n) is 7.14. The van der Waals surface area contributed by atoms with Gasteiger partial charge in [-0.25, -0.2) is 8.42 Å². The molecule has 0 aliphatic carbocycles. The number of ether oxygens (including phenoxy) is 2. The lowest BCUT2D eigenvalue weighted by atomic mass is 10.3. The first kappa shape index (κ1) is 19.0. The van der Waals surface area contributed by atoms with Crippen LogP contribution >= 0.6 is 12.4 Å². The number of benzene rings is 1. The van der Waals surface area contributed by atoms with Crippen LogP contribution in [-0.4, -0.2) is 45.1 Å². The molecule has 0 aromatic heterocycles. The van der Waals surface area contributed by atoms with Crippen molar-refractivity contribution >= 4 is 22.4 Å². The monoisotopic (exact) mass is 350 g/mol. The molecule has 0 spiro atoms. The average Bonchev–Trinajstić information content (AvgIpc) is 2.88. The highest BCUT2D eigenvalue weighted by Crippen LogP contribution is 2.32. The maximum Gasteiger partial charge on any atom is 0.243 e. The van der Waals surface area contributed by atoms with E-state index in [0.717, 1.165) is 0 Å². The maximum absolute atomic E-state index is 12.6. The molecule has 1 unspecified atom stereocenters. The highest BCUT2D eigenvalue weighted by Gasteiger charge is 2.31. The first-order chi connectivity index (χ1) is 9.98. The van der Waals surface area contributed by atoms with E-state index in [1.54, 1.807) is 12.1 Å². The van der Waals surface area contributed by atoms with Crippen LogP contribution in [0.2, 0.25) is 0 Å². The summed E-state index contributed by atoms with van der Waals surface area (Å²) in [4.78, 5) is 0.212. The summed E-state index contributed by atoms with van der Waals surface area (Å²) in [5.41, 5.74) is 5.79. The first-order valence-corrected chi connectivity index (χ1v) is 8.58. The van der Waals surface area contributed by atoms with Crippen LogP contribution in [0.5, 0.6) is 11.5 Å². The molecule has 2 rings (SSSR count). The van der Waals surface area contributed by atoms with Gasteiger partial charge in [-0.1, -0.05) is 0 Å². The standard InChI is InChI=1S/C14H22N2O4S.ClH/c1-3-19-13-6-5-12(9-14(13)20-4-2)21(17,18)16-8-7-11(15)10-16;/h5-6,9,11H,3-4,7-8,10,15H2,1-2H3;1H. The van der Waals surface area contributed by atoms with Gasteiger partial charge in [0, 0.05) is 25.2 Å². The predicted molar refractivity (Wildman–Crippen MR) is 87.4 cm³/mol. The molecule has 1 aliphatic heterocycles. The van der Waals surface area contributed by atoms with Gasteiger partial charge in [0.15, 0.2) is 11.5 Å². The smallest absolute Gasteiger partial charge is 0.243 e. The summed E-state index contributed by atoms with van der Waals surface area (Å²) in [5.74, 6) is 1.00. The largest absolute Gasteiger partial charge is 0.490 e. The molecule has 0 radical (unpaired) electrons. The van der Waals surface area contributed by atoms with Gasteiger partial charge < -0.3 is 15.2 Å². The van der Waals surface area contributed by atoms with Crippen LogP contribution < -0.4 is 15.2 Å². The Labute approximate surface area is 138 Å². The van der Waals surface area contributed by atoms with Crippen LogP contribution in [0.3, 0.4) is 0 Å². The van der Waals surface area contributed by atoms with Gasteiger partial charge in [0.1, 0.15) is 0 Å². The molecule has 0 amide bonds. The summed E-state index contributed by atoms with van der Waals surface area (Å²) in [5, 5.41) is 0. The second-order valence-corrected chi connectivity index (χ2v) is 6.82. The van der Waals surface area contributed by atoms with E-state index in [9.17, 15) is 8.42 Å². The van der Waals surface area contributed by atoms with Crippen molar-refractivity contribution in [1.29, 1.82) is 0 Å². The van der Waals surface area contributed by atoms with Gasteiger partial charge in [0.2, 0.25) is 10.0 Å². The van der Waals surface area contributed by atoms with Crippen molar-refractivity contribution in [2.75, 3.05) is 26.3 Å². The Kier molecular flexibility index (Phi) is 6.93. The molecule has 1 aromatic rings. The minimum absolute atomic E-state index is 0. The number of hydrogen-bond donors (Lipinski definition) is 1. The van der Waals surface area contributed by atoms with Gasteiger partial charge in [-0.15, -0.1) is 12.4 Å². The number of hydrogen-bond acceptors (Lipinski definition) is 5. The molecule has 1 fully saturated rings. The van der Waals surface area contributed by atoms with Gasteiger partial charge in [0.25, 0.3) is 0 Å². The molecular weight excluding hydrogens is 328 g/mol. The third-order valence-electron chi connectivity index (χ3n) is 3.34. The Morgan fingerprint density at radius 2 is 1.86 bits per heavy atom. The third-order valence-corrected chi connectivity index (χ3v) is 5.20. The number of nitrogens with two attached hydrogens (primary N) is 1. The molecule has 1 aromatic carbocycles. The molecule has 2 N–H and O–H groups in total. The van der Waals surface area contributed by atoms with E-state index in [2.05, 4.69) is 0 Å². The third kappa shape index (κ3) is 4.04. The van der Waals surface area contributed by atoms with Gasteiger partial charge in [0.05, 0.1) is 18.1 Å². The lowest BCUT2D eigenvalue weighted by Crippen LogP contribution is -2.32. The molecule has 22 heavy (non-hydrogen) atoms. The van der Waals surface area contributed by atoms with Crippen molar-refractivity contribution in [3.63, 3.8) is 0 Å². The van der Waals surface area contributed by atoms with E-state index in [1.807, 2.05) is 13.8 Å². The summed E-state index contributed by atoms with van der Waals surface area (Å²) < 4.78 is 37.5. The van der Waals surface area contributed by atoms with Crippen LogP contribution in [0.1, 0.15) is 20.3 Å². The number of rotatable bonds is 6. The van der Waals surface area contributed by atoms with E-state index < -0.39 is 10.0 Å². The van der Waals surface area contributed by atoms with Crippen molar-refractivity contribution < 1.29 is 17.9 Å². The molecule has 8 heteroatoms. The fourth-order valence-corrected chi connectivity index (χ4v) is 3.84. The fraction of sp³-hybridized carbons (Fsp3) is 0.571. The summed E-state index contributed by atoms with van der Waals surface area (Å²) in [6, 6.07) is 4.62. The Hall–Kier alpha value is -1.02. The second-order valence-electron chi connectivity index (χ2n) is 4.89. The highest BCUT2D eigenvalue weighted by atomic mass is 35.5. The van der Waals surface area contributed by atoms with Gasteiger partial charge >= 0.3 is 0 Å². The normalized spacial score (nSPS) is 18.8. The number of nitrogens with zero attached hydrogens (tertiary/aromatic N) is 1. The second kappa shape index (κ2) is 8.01. The summed E-state index contributed by atoms with van der Waals surface area (Å²) in [6.45, 7) is 5.47. The summed E-state index contributed by atoms with van der Waals surface area (Å²) in [7, 11) is -3.53. The fourth-order valence-electron chi connectivity index (χ4n) is 2.31. The van der Waals surface area contributed by atoms with Crippen molar-refractivity contribution in [1.82, 2.24) is 4.31 Å². The van der Waals surface area contributed by atoms with Crippen LogP contribution in [0, 0.1) is 0 Å². The minimum Gasteiger partial charge on any atom is -0.490 e. The van der Waals surface area contributed by atoms with Crippen molar-refractivity contribution in [2.24, 2.45) is 5.73 Å². The van der Waals surface area contributed by atoms with Gasteiger partial charge in [-0.05, 0) is 32.4 Å². The van der Waals surface area contributed by atoms with Gasteiger partial charge in [-0.3, -0.25) is 0 Å². The van der Waals surface area contributed by atoms with Crippen LogP contribution in [-0.2, 0) is 10.0 Å². The van der Waals surface area contributed by atoms with Crippen molar-refractivity contribution in [3.05, 3.63) is 18.2 Å². The molecule has 126 valence electrons. The lowest BCUT2D eigenvalue weighted by molar-refractivity contribution is 0.287. The lowest BCUT2D eigenvalue weighted by Gasteiger charge is -2.18. The van der Waals surface area contributed by atoms with Crippen LogP contribution in [0.4, 0.5) is 0 Å². The van der Waals surface area contributed by atoms with E-state index in [4.69, 9.17) is 15.2 Å².